The Bertz CT molecular complexity index is 987. The number of aliphatic hydroxyl groups is 1. The van der Waals surface area contributed by atoms with Crippen molar-refractivity contribution in [2.45, 2.75) is 48.8 Å². The van der Waals surface area contributed by atoms with Crippen LogP contribution in [0.3, 0.4) is 0 Å². The molecular formula is C23H27BrN2O3. The lowest BCUT2D eigenvalue weighted by Gasteiger charge is -2.63. The van der Waals surface area contributed by atoms with Crippen molar-refractivity contribution in [1.82, 2.24) is 0 Å². The molecule has 1 saturated carbocycles. The van der Waals surface area contributed by atoms with Crippen molar-refractivity contribution in [2.75, 3.05) is 20.1 Å². The van der Waals surface area contributed by atoms with Crippen LogP contribution in [0.5, 0.6) is 5.75 Å². The van der Waals surface area contributed by atoms with E-state index >= 15 is 0 Å². The molecule has 1 aromatic carbocycles. The van der Waals surface area contributed by atoms with E-state index < -0.39 is 16.9 Å². The summed E-state index contributed by atoms with van der Waals surface area (Å²) in [6, 6.07) is 3.91. The number of carbonyl (C=O) groups is 1. The minimum atomic E-state index is -1.00. The van der Waals surface area contributed by atoms with Gasteiger partial charge in [-0.25, -0.2) is 0 Å². The zero-order chi connectivity index (χ0) is 19.5. The smallest absolute Gasteiger partial charge is 0.252 e. The van der Waals surface area contributed by atoms with Gasteiger partial charge in [-0.05, 0) is 36.1 Å². The summed E-state index contributed by atoms with van der Waals surface area (Å²) in [7, 11) is 2.32. The Labute approximate surface area is 181 Å². The molecular weight excluding hydrogens is 432 g/mol. The second kappa shape index (κ2) is 5.74. The molecule has 1 amide bonds. The number of halogens is 1. The molecule has 2 fully saturated rings. The molecule has 5 aliphatic rings. The van der Waals surface area contributed by atoms with Gasteiger partial charge in [0.2, 0.25) is 0 Å². The first-order chi connectivity index (χ1) is 13.3. The van der Waals surface area contributed by atoms with Crippen LogP contribution in [0.4, 0.5) is 0 Å². The topological polar surface area (TPSA) is 72.5 Å². The number of quaternary nitrogens is 1. The Morgan fingerprint density at radius 3 is 2.86 bits per heavy atom. The molecule has 2 unspecified atom stereocenters. The largest absolute Gasteiger partial charge is 1.00 e. The van der Waals surface area contributed by atoms with Gasteiger partial charge in [-0.3, -0.25) is 4.79 Å². The van der Waals surface area contributed by atoms with E-state index in [1.165, 1.54) is 18.4 Å². The maximum Gasteiger partial charge on any atom is 0.252 e. The summed E-state index contributed by atoms with van der Waals surface area (Å²) in [5.74, 6) is 0.882. The zero-order valence-corrected chi connectivity index (χ0v) is 18.2. The van der Waals surface area contributed by atoms with Crippen molar-refractivity contribution in [1.29, 1.82) is 0 Å². The van der Waals surface area contributed by atoms with Gasteiger partial charge < -0.3 is 37.0 Å². The van der Waals surface area contributed by atoms with E-state index in [4.69, 9.17) is 10.5 Å². The highest BCUT2D eigenvalue weighted by atomic mass is 79.9. The van der Waals surface area contributed by atoms with Gasteiger partial charge >= 0.3 is 0 Å². The fourth-order valence-electron chi connectivity index (χ4n) is 6.84. The highest BCUT2D eigenvalue weighted by Crippen LogP contribution is 2.64. The van der Waals surface area contributed by atoms with Crippen LogP contribution in [0.25, 0.3) is 0 Å². The summed E-state index contributed by atoms with van der Waals surface area (Å²) in [6.07, 6.45) is 7.81. The minimum absolute atomic E-state index is 0. The van der Waals surface area contributed by atoms with E-state index in [1.54, 1.807) is 6.07 Å². The van der Waals surface area contributed by atoms with Crippen molar-refractivity contribution in [2.24, 2.45) is 11.7 Å². The van der Waals surface area contributed by atoms with E-state index in [2.05, 4.69) is 13.6 Å². The summed E-state index contributed by atoms with van der Waals surface area (Å²) in [4.78, 5) is 12.1. The Kier molecular flexibility index (Phi) is 3.83. The molecule has 29 heavy (non-hydrogen) atoms. The van der Waals surface area contributed by atoms with Gasteiger partial charge in [0.05, 0.1) is 31.1 Å². The first kappa shape index (κ1) is 19.3. The molecule has 0 aromatic heterocycles. The number of rotatable bonds is 3. The number of nitrogens with two attached hydrogens (primary N) is 1. The second-order valence-electron chi connectivity index (χ2n) is 9.84. The number of likely N-dealkylation sites (tertiary alicyclic amines) is 1. The number of hydrogen-bond donors (Lipinski definition) is 2. The maximum absolute atomic E-state index is 12.3. The van der Waals surface area contributed by atoms with Gasteiger partial charge in [-0.2, -0.15) is 0 Å². The monoisotopic (exact) mass is 458 g/mol. The highest BCUT2D eigenvalue weighted by molar-refractivity contribution is 5.97. The SMILES string of the molecule is C=C1C=C[C@@]2(O)C3Cc4ccc(C(N)=O)c5c4C2(CC[N@@+]3(C)CC2CC2)[C@H]1O5.[Br-]. The standard InChI is InChI=1S/C23H26N2O3.BrH/c1-13-7-8-23(27)17-11-15-5-6-16(21(24)26)19-18(15)22(23,20(13)28-19)9-10-25(17,2)12-14-3-4-14;/h5-8,14,17,20,27H,1,3-4,9-12H2,2H3,(H-,24,26);1H/t17?,20-,22?,23+,25-;/m0./s1. The third-order valence-electron chi connectivity index (χ3n) is 8.30. The normalized spacial score (nSPS) is 40.7. The molecule has 2 heterocycles. The third-order valence-corrected chi connectivity index (χ3v) is 8.30. The fraction of sp³-hybridized carbons (Fsp3) is 0.522. The lowest BCUT2D eigenvalue weighted by atomic mass is 9.50. The van der Waals surface area contributed by atoms with Crippen LogP contribution in [-0.2, 0) is 11.8 Å². The molecule has 6 rings (SSSR count). The average molecular weight is 459 g/mol. The lowest BCUT2D eigenvalue weighted by molar-refractivity contribution is -0.949. The third kappa shape index (κ3) is 2.15. The number of primary amides is 1. The number of nitrogens with zero attached hydrogens (tertiary/aromatic N) is 1. The van der Waals surface area contributed by atoms with Crippen molar-refractivity contribution in [3.8, 4) is 5.75 Å². The summed E-state index contributed by atoms with van der Waals surface area (Å²) in [6.45, 7) is 6.36. The summed E-state index contributed by atoms with van der Waals surface area (Å²) in [5.41, 5.74) is 7.56. The fourth-order valence-corrected chi connectivity index (χ4v) is 6.84. The number of likely N-dealkylation sites (N-methyl/N-ethyl adjacent to an activating group) is 1. The van der Waals surface area contributed by atoms with Crippen molar-refractivity contribution < 1.29 is 36.1 Å². The Morgan fingerprint density at radius 1 is 1.41 bits per heavy atom. The van der Waals surface area contributed by atoms with E-state index in [-0.39, 0.29) is 29.1 Å². The first-order valence-corrected chi connectivity index (χ1v) is 10.4. The zero-order valence-electron chi connectivity index (χ0n) is 16.7. The van der Waals surface area contributed by atoms with Crippen LogP contribution in [-0.4, -0.2) is 53.4 Å². The number of benzene rings is 1. The highest BCUT2D eigenvalue weighted by Gasteiger charge is 2.74. The van der Waals surface area contributed by atoms with E-state index in [9.17, 15) is 9.90 Å². The minimum Gasteiger partial charge on any atom is -1.00 e. The molecule has 3 N–H and O–H groups in total. The molecule has 5 nitrogen and oxygen atoms in total. The van der Waals surface area contributed by atoms with Gasteiger partial charge in [-0.1, -0.05) is 18.7 Å². The number of carbonyl (C=O) groups excluding carboxylic acids is 1. The van der Waals surface area contributed by atoms with Gasteiger partial charge in [0.15, 0.2) is 0 Å². The predicted molar refractivity (Wildman–Crippen MR) is 105 cm³/mol. The summed E-state index contributed by atoms with van der Waals surface area (Å²) in [5, 5.41) is 12.3. The van der Waals surface area contributed by atoms with Crippen molar-refractivity contribution in [3.05, 3.63) is 53.1 Å². The van der Waals surface area contributed by atoms with Crippen LogP contribution in [0, 0.1) is 5.92 Å². The molecule has 1 aromatic rings. The van der Waals surface area contributed by atoms with Crippen LogP contribution < -0.4 is 27.5 Å². The van der Waals surface area contributed by atoms with E-state index in [0.717, 1.165) is 47.5 Å². The lowest BCUT2D eigenvalue weighted by Crippen LogP contribution is -3.00. The summed E-state index contributed by atoms with van der Waals surface area (Å²) >= 11 is 0. The van der Waals surface area contributed by atoms with Gasteiger partial charge in [0, 0.05) is 24.3 Å². The quantitative estimate of drug-likeness (QED) is 0.560. The van der Waals surface area contributed by atoms with E-state index in [1.807, 2.05) is 18.2 Å². The molecule has 0 radical (unpaired) electrons. The van der Waals surface area contributed by atoms with Crippen LogP contribution in [0.2, 0.25) is 0 Å². The number of amides is 1. The number of hydrogen-bond acceptors (Lipinski definition) is 3. The predicted octanol–water partition coefficient (Wildman–Crippen LogP) is -1.17. The summed E-state index contributed by atoms with van der Waals surface area (Å²) < 4.78 is 7.29. The number of ether oxygens (including phenoxy) is 1. The van der Waals surface area contributed by atoms with E-state index in [0.29, 0.717) is 11.3 Å². The number of piperidine rings is 1. The van der Waals surface area contributed by atoms with Crippen LogP contribution >= 0.6 is 0 Å². The molecule has 1 saturated heterocycles. The molecule has 3 aliphatic carbocycles. The molecule has 6 heteroatoms. The Hall–Kier alpha value is -1.63. The van der Waals surface area contributed by atoms with Gasteiger partial charge in [0.25, 0.3) is 5.91 Å². The average Bonchev–Trinajstić information content (AvgIpc) is 3.37. The molecule has 1 spiro atoms. The van der Waals surface area contributed by atoms with Gasteiger partial charge in [0.1, 0.15) is 23.5 Å². The molecule has 2 bridgehead atoms. The van der Waals surface area contributed by atoms with Crippen molar-refractivity contribution >= 4 is 5.91 Å². The second-order valence-corrected chi connectivity index (χ2v) is 9.84. The van der Waals surface area contributed by atoms with Crippen LogP contribution in [0.15, 0.2) is 36.4 Å². The van der Waals surface area contributed by atoms with Crippen molar-refractivity contribution in [3.63, 3.8) is 0 Å². The van der Waals surface area contributed by atoms with Crippen LogP contribution in [0.1, 0.15) is 40.7 Å². The Balaban J connectivity index is 0.00000181. The molecule has 5 atom stereocenters. The van der Waals surface area contributed by atoms with Gasteiger partial charge in [-0.15, -0.1) is 0 Å². The molecule has 2 aliphatic heterocycles. The molecule has 154 valence electrons. The Morgan fingerprint density at radius 2 is 2.17 bits per heavy atom. The maximum atomic E-state index is 12.3. The first-order valence-electron chi connectivity index (χ1n) is 10.4.